The van der Waals surface area contributed by atoms with Gasteiger partial charge in [0.05, 0.1) is 6.54 Å². The van der Waals surface area contributed by atoms with E-state index in [9.17, 15) is 13.2 Å². The number of aliphatic imine (C=N–C) groups is 1. The van der Waals surface area contributed by atoms with Crippen molar-refractivity contribution in [3.63, 3.8) is 0 Å². The van der Waals surface area contributed by atoms with Crippen molar-refractivity contribution in [2.75, 3.05) is 46.8 Å². The third kappa shape index (κ3) is 8.60. The van der Waals surface area contributed by atoms with E-state index in [1.54, 1.807) is 7.05 Å². The van der Waals surface area contributed by atoms with Crippen LogP contribution in [0.4, 0.5) is 13.2 Å². The summed E-state index contributed by atoms with van der Waals surface area (Å²) in [5.74, 6) is 0.677. The van der Waals surface area contributed by atoms with E-state index in [0.29, 0.717) is 31.5 Å². The van der Waals surface area contributed by atoms with Crippen molar-refractivity contribution < 1.29 is 13.2 Å². The van der Waals surface area contributed by atoms with Crippen molar-refractivity contribution in [2.24, 2.45) is 4.99 Å². The largest absolute Gasteiger partial charge is 0.401 e. The van der Waals surface area contributed by atoms with E-state index in [-0.39, 0.29) is 30.0 Å². The Labute approximate surface area is 172 Å². The molecule has 26 heavy (non-hydrogen) atoms. The quantitative estimate of drug-likeness (QED) is 0.341. The zero-order valence-electron chi connectivity index (χ0n) is 15.8. The molecular weight excluding hydrogens is 458 g/mol. The third-order valence-electron chi connectivity index (χ3n) is 5.19. The van der Waals surface area contributed by atoms with Gasteiger partial charge in [-0.1, -0.05) is 19.3 Å². The highest BCUT2D eigenvalue weighted by molar-refractivity contribution is 14.0. The number of hydrogen-bond acceptors (Lipinski definition) is 3. The van der Waals surface area contributed by atoms with Crippen molar-refractivity contribution in [3.8, 4) is 0 Å². The third-order valence-corrected chi connectivity index (χ3v) is 5.19. The average Bonchev–Trinajstić information content (AvgIpc) is 2.99. The molecule has 5 nitrogen and oxygen atoms in total. The molecule has 2 rings (SSSR count). The van der Waals surface area contributed by atoms with Gasteiger partial charge in [-0.3, -0.25) is 9.89 Å². The smallest absolute Gasteiger partial charge is 0.355 e. The van der Waals surface area contributed by atoms with Crippen molar-refractivity contribution in [1.29, 1.82) is 0 Å². The number of likely N-dealkylation sites (N-methyl/N-ethyl adjacent to an activating group) is 1. The second-order valence-corrected chi connectivity index (χ2v) is 7.25. The highest BCUT2D eigenvalue weighted by atomic mass is 127. The first-order chi connectivity index (χ1) is 11.9. The van der Waals surface area contributed by atoms with E-state index < -0.39 is 12.7 Å². The standard InChI is InChI=1S/C17H32F3N5.HI/c1-21-16(22-9-11-24(2)15-6-4-3-5-7-15)23-14-8-10-25(12-14)13-17(18,19)20;/h14-15H,3-13H2,1-2H3,(H2,21,22,23);1H. The van der Waals surface area contributed by atoms with Crippen LogP contribution in [0.5, 0.6) is 0 Å². The number of alkyl halides is 3. The van der Waals surface area contributed by atoms with Crippen LogP contribution in [0.3, 0.4) is 0 Å². The number of rotatable bonds is 6. The lowest BCUT2D eigenvalue weighted by Crippen LogP contribution is -2.47. The van der Waals surface area contributed by atoms with Crippen LogP contribution in [0.1, 0.15) is 38.5 Å². The Bertz CT molecular complexity index is 427. The molecular formula is C17H33F3IN5. The molecule has 2 fully saturated rings. The van der Waals surface area contributed by atoms with E-state index in [2.05, 4.69) is 27.6 Å². The van der Waals surface area contributed by atoms with Crippen LogP contribution in [-0.4, -0.2) is 80.8 Å². The molecule has 0 aromatic rings. The second-order valence-electron chi connectivity index (χ2n) is 7.25. The Morgan fingerprint density at radius 1 is 1.19 bits per heavy atom. The molecule has 2 aliphatic rings. The average molecular weight is 491 g/mol. The van der Waals surface area contributed by atoms with Gasteiger partial charge in [-0.25, -0.2) is 0 Å². The fraction of sp³-hybridized carbons (Fsp3) is 0.941. The number of likely N-dealkylation sites (tertiary alicyclic amines) is 1. The van der Waals surface area contributed by atoms with Crippen LogP contribution in [0.15, 0.2) is 4.99 Å². The van der Waals surface area contributed by atoms with Crippen molar-refractivity contribution >= 4 is 29.9 Å². The van der Waals surface area contributed by atoms with Crippen LogP contribution in [-0.2, 0) is 0 Å². The zero-order valence-corrected chi connectivity index (χ0v) is 18.1. The zero-order chi connectivity index (χ0) is 18.3. The van der Waals surface area contributed by atoms with Crippen LogP contribution < -0.4 is 10.6 Å². The SMILES string of the molecule is CN=C(NCCN(C)C1CCCCC1)NC1CCN(CC(F)(F)F)C1.I. The van der Waals surface area contributed by atoms with E-state index in [1.165, 1.54) is 37.0 Å². The molecule has 1 saturated carbocycles. The molecule has 0 spiro atoms. The van der Waals surface area contributed by atoms with Crippen LogP contribution in [0, 0.1) is 0 Å². The first kappa shape index (κ1) is 23.7. The minimum atomic E-state index is -4.13. The molecule has 1 aliphatic carbocycles. The number of guanidine groups is 1. The summed E-state index contributed by atoms with van der Waals surface area (Å²) < 4.78 is 37.4. The predicted octanol–water partition coefficient (Wildman–Crippen LogP) is 2.67. The molecule has 1 saturated heterocycles. The Morgan fingerprint density at radius 2 is 1.88 bits per heavy atom. The predicted molar refractivity (Wildman–Crippen MR) is 110 cm³/mol. The minimum absolute atomic E-state index is 0. The lowest BCUT2D eigenvalue weighted by atomic mass is 9.94. The number of halogens is 4. The molecule has 0 radical (unpaired) electrons. The summed E-state index contributed by atoms with van der Waals surface area (Å²) in [5, 5.41) is 6.53. The Hall–Kier alpha value is -0.290. The molecule has 0 amide bonds. The number of hydrogen-bond donors (Lipinski definition) is 2. The fourth-order valence-corrected chi connectivity index (χ4v) is 3.79. The summed E-state index contributed by atoms with van der Waals surface area (Å²) in [7, 11) is 3.86. The maximum Gasteiger partial charge on any atom is 0.401 e. The molecule has 2 N–H and O–H groups in total. The lowest BCUT2D eigenvalue weighted by molar-refractivity contribution is -0.143. The Kier molecular flexibility index (Phi) is 10.5. The molecule has 1 unspecified atom stereocenters. The van der Waals surface area contributed by atoms with E-state index in [0.717, 1.165) is 13.1 Å². The van der Waals surface area contributed by atoms with Gasteiger partial charge in [0.1, 0.15) is 0 Å². The maximum atomic E-state index is 12.5. The Morgan fingerprint density at radius 3 is 2.50 bits per heavy atom. The highest BCUT2D eigenvalue weighted by Crippen LogP contribution is 2.21. The van der Waals surface area contributed by atoms with Gasteiger partial charge in [0.15, 0.2) is 5.96 Å². The summed E-state index contributed by atoms with van der Waals surface area (Å²) in [5.41, 5.74) is 0. The molecule has 0 aromatic carbocycles. The van der Waals surface area contributed by atoms with Gasteiger partial charge in [-0.2, -0.15) is 13.2 Å². The van der Waals surface area contributed by atoms with Crippen molar-refractivity contribution in [1.82, 2.24) is 20.4 Å². The summed E-state index contributed by atoms with van der Waals surface area (Å²) in [6.07, 6.45) is 3.13. The molecule has 154 valence electrons. The second kappa shape index (κ2) is 11.5. The normalized spacial score (nSPS) is 23.2. The van der Waals surface area contributed by atoms with E-state index in [4.69, 9.17) is 0 Å². The molecule has 0 aromatic heterocycles. The molecule has 1 aliphatic heterocycles. The van der Waals surface area contributed by atoms with Gasteiger partial charge in [-0.15, -0.1) is 24.0 Å². The maximum absolute atomic E-state index is 12.5. The molecule has 1 atom stereocenters. The molecule has 9 heteroatoms. The van der Waals surface area contributed by atoms with Crippen molar-refractivity contribution in [3.05, 3.63) is 0 Å². The highest BCUT2D eigenvalue weighted by Gasteiger charge is 2.34. The van der Waals surface area contributed by atoms with E-state index in [1.807, 2.05) is 0 Å². The van der Waals surface area contributed by atoms with Crippen molar-refractivity contribution in [2.45, 2.75) is 56.8 Å². The first-order valence-electron chi connectivity index (χ1n) is 9.34. The lowest BCUT2D eigenvalue weighted by Gasteiger charge is -2.31. The summed E-state index contributed by atoms with van der Waals surface area (Å²) in [6.45, 7) is 1.77. The fourth-order valence-electron chi connectivity index (χ4n) is 3.79. The van der Waals surface area contributed by atoms with Crippen LogP contribution >= 0.6 is 24.0 Å². The summed E-state index contributed by atoms with van der Waals surface area (Å²) >= 11 is 0. The number of nitrogens with one attached hydrogen (secondary N) is 2. The van der Waals surface area contributed by atoms with E-state index >= 15 is 0 Å². The minimum Gasteiger partial charge on any atom is -0.355 e. The molecule has 0 bridgehead atoms. The number of nitrogens with zero attached hydrogens (tertiary/aromatic N) is 3. The van der Waals surface area contributed by atoms with Gasteiger partial charge in [0.2, 0.25) is 0 Å². The molecule has 1 heterocycles. The van der Waals surface area contributed by atoms with Crippen LogP contribution in [0.2, 0.25) is 0 Å². The summed E-state index contributed by atoms with van der Waals surface area (Å²) in [6, 6.07) is 0.695. The van der Waals surface area contributed by atoms with Gasteiger partial charge in [0, 0.05) is 45.3 Å². The van der Waals surface area contributed by atoms with Crippen LogP contribution in [0.25, 0.3) is 0 Å². The Balaban J connectivity index is 0.00000338. The van der Waals surface area contributed by atoms with Gasteiger partial charge < -0.3 is 15.5 Å². The van der Waals surface area contributed by atoms with Gasteiger partial charge >= 0.3 is 6.18 Å². The van der Waals surface area contributed by atoms with Gasteiger partial charge in [0.25, 0.3) is 0 Å². The monoisotopic (exact) mass is 491 g/mol. The summed E-state index contributed by atoms with van der Waals surface area (Å²) in [4.78, 5) is 8.04. The first-order valence-corrected chi connectivity index (χ1v) is 9.34. The van der Waals surface area contributed by atoms with Gasteiger partial charge in [-0.05, 0) is 26.3 Å². The topological polar surface area (TPSA) is 42.9 Å².